The van der Waals surface area contributed by atoms with E-state index in [-0.39, 0.29) is 0 Å². The van der Waals surface area contributed by atoms with Crippen LogP contribution in [0.1, 0.15) is 26.7 Å². The largest absolute Gasteiger partial charge is 0.353 e. The summed E-state index contributed by atoms with van der Waals surface area (Å²) in [5.74, 6) is 6.01. The van der Waals surface area contributed by atoms with E-state index in [2.05, 4.69) is 25.3 Å². The number of rotatable bonds is 6. The van der Waals surface area contributed by atoms with E-state index < -0.39 is 0 Å². The number of nitrogens with one attached hydrogen (secondary N) is 2. The number of hydrazine groups is 1. The average Bonchev–Trinajstić information content (AvgIpc) is 2.79. The van der Waals surface area contributed by atoms with Gasteiger partial charge in [-0.05, 0) is 26.7 Å². The van der Waals surface area contributed by atoms with E-state index in [4.69, 9.17) is 5.84 Å². The molecule has 0 aliphatic carbocycles. The highest BCUT2D eigenvalue weighted by Gasteiger charge is 1.97. The Kier molecular flexibility index (Phi) is 6.09. The monoisotopic (exact) mass is 238 g/mol. The SMILES string of the molecule is CC(C)NC(=NCCCCn1ccnc1)NN. The third kappa shape index (κ3) is 5.91. The fraction of sp³-hybridized carbons (Fsp3) is 0.636. The number of hydrogen-bond donors (Lipinski definition) is 3. The summed E-state index contributed by atoms with van der Waals surface area (Å²) in [6.07, 6.45) is 7.70. The molecule has 6 nitrogen and oxygen atoms in total. The van der Waals surface area contributed by atoms with Gasteiger partial charge in [-0.1, -0.05) is 0 Å². The fourth-order valence-corrected chi connectivity index (χ4v) is 1.42. The Morgan fingerprint density at radius 3 is 2.88 bits per heavy atom. The number of guanidine groups is 1. The molecule has 0 fully saturated rings. The van der Waals surface area contributed by atoms with Crippen LogP contribution in [0.3, 0.4) is 0 Å². The Balaban J connectivity index is 2.15. The molecule has 0 unspecified atom stereocenters. The summed E-state index contributed by atoms with van der Waals surface area (Å²) in [6, 6.07) is 0.329. The number of imidazole rings is 1. The minimum absolute atomic E-state index is 0.329. The summed E-state index contributed by atoms with van der Waals surface area (Å²) in [5, 5.41) is 3.13. The first-order valence-corrected chi connectivity index (χ1v) is 5.95. The number of nitrogens with two attached hydrogens (primary N) is 1. The van der Waals surface area contributed by atoms with Crippen LogP contribution in [0.15, 0.2) is 23.7 Å². The smallest absolute Gasteiger partial charge is 0.205 e. The van der Waals surface area contributed by atoms with Gasteiger partial charge in [0.2, 0.25) is 5.96 Å². The number of aromatic nitrogens is 2. The second-order valence-electron chi connectivity index (χ2n) is 4.18. The molecule has 1 aromatic heterocycles. The van der Waals surface area contributed by atoms with Crippen LogP contribution in [0, 0.1) is 0 Å². The number of hydrogen-bond acceptors (Lipinski definition) is 3. The molecule has 4 N–H and O–H groups in total. The average molecular weight is 238 g/mol. The third-order valence-electron chi connectivity index (χ3n) is 2.22. The zero-order valence-electron chi connectivity index (χ0n) is 10.6. The lowest BCUT2D eigenvalue weighted by Gasteiger charge is -2.11. The number of unbranched alkanes of at least 4 members (excludes halogenated alkanes) is 1. The topological polar surface area (TPSA) is 80.3 Å². The molecule has 0 spiro atoms. The van der Waals surface area contributed by atoms with Gasteiger partial charge < -0.3 is 9.88 Å². The van der Waals surface area contributed by atoms with Crippen molar-refractivity contribution >= 4 is 5.96 Å². The van der Waals surface area contributed by atoms with Crippen LogP contribution in [-0.4, -0.2) is 28.1 Å². The molecule has 1 rings (SSSR count). The van der Waals surface area contributed by atoms with Gasteiger partial charge in [0.15, 0.2) is 0 Å². The first-order chi connectivity index (χ1) is 8.22. The summed E-state index contributed by atoms with van der Waals surface area (Å²) in [7, 11) is 0. The van der Waals surface area contributed by atoms with E-state index in [0.717, 1.165) is 25.9 Å². The summed E-state index contributed by atoms with van der Waals surface area (Å²) >= 11 is 0. The first kappa shape index (κ1) is 13.5. The molecule has 0 amide bonds. The standard InChI is InChI=1S/C11H22N6/c1-10(2)15-11(16-12)14-5-3-4-7-17-8-6-13-9-17/h6,8-10H,3-5,7,12H2,1-2H3,(H2,14,15,16). The minimum Gasteiger partial charge on any atom is -0.353 e. The molecule has 17 heavy (non-hydrogen) atoms. The molecule has 0 aliphatic heterocycles. The number of aryl methyl sites for hydroxylation is 1. The van der Waals surface area contributed by atoms with Crippen molar-refractivity contribution in [1.29, 1.82) is 0 Å². The van der Waals surface area contributed by atoms with Crippen molar-refractivity contribution in [2.24, 2.45) is 10.8 Å². The van der Waals surface area contributed by atoms with Crippen LogP contribution in [-0.2, 0) is 6.54 Å². The minimum atomic E-state index is 0.329. The maximum atomic E-state index is 5.36. The summed E-state index contributed by atoms with van der Waals surface area (Å²) in [6.45, 7) is 5.85. The van der Waals surface area contributed by atoms with Crippen molar-refractivity contribution in [1.82, 2.24) is 20.3 Å². The quantitative estimate of drug-likeness (QED) is 0.221. The Labute approximate surface area is 102 Å². The van der Waals surface area contributed by atoms with Crippen molar-refractivity contribution < 1.29 is 0 Å². The zero-order chi connectivity index (χ0) is 12.5. The van der Waals surface area contributed by atoms with Gasteiger partial charge in [-0.15, -0.1) is 0 Å². The zero-order valence-corrected chi connectivity index (χ0v) is 10.6. The summed E-state index contributed by atoms with van der Waals surface area (Å²) in [5.41, 5.74) is 2.56. The molecule has 0 aromatic carbocycles. The van der Waals surface area contributed by atoms with Crippen LogP contribution < -0.4 is 16.6 Å². The van der Waals surface area contributed by atoms with E-state index in [0.29, 0.717) is 12.0 Å². The van der Waals surface area contributed by atoms with Crippen LogP contribution in [0.2, 0.25) is 0 Å². The molecule has 0 saturated heterocycles. The molecule has 0 aliphatic rings. The molecule has 0 bridgehead atoms. The molecular formula is C11H22N6. The lowest BCUT2D eigenvalue weighted by atomic mass is 10.3. The Morgan fingerprint density at radius 1 is 1.47 bits per heavy atom. The highest BCUT2D eigenvalue weighted by molar-refractivity contribution is 5.79. The predicted molar refractivity (Wildman–Crippen MR) is 69.4 cm³/mol. The molecule has 0 atom stereocenters. The second-order valence-corrected chi connectivity index (χ2v) is 4.18. The van der Waals surface area contributed by atoms with E-state index in [9.17, 15) is 0 Å². The highest BCUT2D eigenvalue weighted by Crippen LogP contribution is 1.95. The van der Waals surface area contributed by atoms with Crippen LogP contribution in [0.5, 0.6) is 0 Å². The van der Waals surface area contributed by atoms with E-state index in [1.807, 2.05) is 26.4 Å². The highest BCUT2D eigenvalue weighted by atomic mass is 15.3. The van der Waals surface area contributed by atoms with Crippen molar-refractivity contribution in [2.45, 2.75) is 39.3 Å². The summed E-state index contributed by atoms with van der Waals surface area (Å²) in [4.78, 5) is 8.34. The van der Waals surface area contributed by atoms with Crippen molar-refractivity contribution in [2.75, 3.05) is 6.54 Å². The van der Waals surface area contributed by atoms with Crippen LogP contribution in [0.25, 0.3) is 0 Å². The van der Waals surface area contributed by atoms with Gasteiger partial charge in [-0.2, -0.15) is 0 Å². The molecule has 1 aromatic rings. The normalized spacial score (nSPS) is 11.9. The first-order valence-electron chi connectivity index (χ1n) is 5.95. The van der Waals surface area contributed by atoms with Gasteiger partial charge in [-0.25, -0.2) is 10.8 Å². The van der Waals surface area contributed by atoms with Gasteiger partial charge in [-0.3, -0.25) is 10.4 Å². The van der Waals surface area contributed by atoms with Gasteiger partial charge in [0.05, 0.1) is 6.33 Å². The Morgan fingerprint density at radius 2 is 2.29 bits per heavy atom. The van der Waals surface area contributed by atoms with Gasteiger partial charge in [0, 0.05) is 31.5 Å². The molecule has 6 heteroatoms. The van der Waals surface area contributed by atoms with Gasteiger partial charge in [0.25, 0.3) is 0 Å². The van der Waals surface area contributed by atoms with E-state index in [1.165, 1.54) is 0 Å². The molecular weight excluding hydrogens is 216 g/mol. The fourth-order valence-electron chi connectivity index (χ4n) is 1.42. The van der Waals surface area contributed by atoms with Crippen LogP contribution >= 0.6 is 0 Å². The second kappa shape index (κ2) is 7.67. The maximum absolute atomic E-state index is 5.36. The summed E-state index contributed by atoms with van der Waals surface area (Å²) < 4.78 is 2.07. The van der Waals surface area contributed by atoms with E-state index >= 15 is 0 Å². The Bertz CT molecular complexity index is 317. The lowest BCUT2D eigenvalue weighted by Crippen LogP contribution is -2.44. The molecule has 0 saturated carbocycles. The number of nitrogens with zero attached hydrogens (tertiary/aromatic N) is 3. The van der Waals surface area contributed by atoms with E-state index in [1.54, 1.807) is 6.20 Å². The van der Waals surface area contributed by atoms with Crippen molar-refractivity contribution in [3.63, 3.8) is 0 Å². The number of aliphatic imine (C=N–C) groups is 1. The molecule has 0 radical (unpaired) electrons. The van der Waals surface area contributed by atoms with Gasteiger partial charge in [0.1, 0.15) is 0 Å². The van der Waals surface area contributed by atoms with Crippen molar-refractivity contribution in [3.8, 4) is 0 Å². The third-order valence-corrected chi connectivity index (χ3v) is 2.22. The molecule has 96 valence electrons. The Hall–Kier alpha value is -1.56. The predicted octanol–water partition coefficient (Wildman–Crippen LogP) is 0.481. The lowest BCUT2D eigenvalue weighted by molar-refractivity contribution is 0.611. The maximum Gasteiger partial charge on any atom is 0.205 e. The van der Waals surface area contributed by atoms with Crippen molar-refractivity contribution in [3.05, 3.63) is 18.7 Å². The molecule has 1 heterocycles. The van der Waals surface area contributed by atoms with Crippen LogP contribution in [0.4, 0.5) is 0 Å². The van der Waals surface area contributed by atoms with Gasteiger partial charge >= 0.3 is 0 Å².